The lowest BCUT2D eigenvalue weighted by molar-refractivity contribution is 0.149. The molecule has 0 saturated carbocycles. The van der Waals surface area contributed by atoms with Crippen LogP contribution in [0.1, 0.15) is 32.3 Å². The molecule has 0 fully saturated rings. The van der Waals surface area contributed by atoms with Gasteiger partial charge in [-0.05, 0) is 31.0 Å². The first-order valence-corrected chi connectivity index (χ1v) is 6.67. The number of benzene rings is 1. The van der Waals surface area contributed by atoms with Crippen LogP contribution in [0.3, 0.4) is 0 Å². The molecular formula is C14H22ClNO2. The Kier molecular flexibility index (Phi) is 5.93. The van der Waals surface area contributed by atoms with E-state index in [1.807, 2.05) is 18.2 Å². The third-order valence-electron chi connectivity index (χ3n) is 3.55. The molecule has 1 aromatic carbocycles. The molecule has 1 rings (SSSR count). The van der Waals surface area contributed by atoms with Gasteiger partial charge in [0.2, 0.25) is 0 Å². The number of hydrogen-bond donors (Lipinski definition) is 2. The van der Waals surface area contributed by atoms with Crippen molar-refractivity contribution in [3.8, 4) is 5.75 Å². The molecule has 2 N–H and O–H groups in total. The second-order valence-electron chi connectivity index (χ2n) is 4.46. The molecule has 0 spiro atoms. The molecule has 0 aliphatic heterocycles. The summed E-state index contributed by atoms with van der Waals surface area (Å²) in [5, 5.41) is 13.6. The maximum Gasteiger partial charge on any atom is 0.123 e. The predicted molar refractivity (Wildman–Crippen MR) is 75.2 cm³/mol. The van der Waals surface area contributed by atoms with Gasteiger partial charge in [0.05, 0.1) is 13.7 Å². The Morgan fingerprint density at radius 2 is 2.00 bits per heavy atom. The molecule has 1 aromatic rings. The number of nitrogens with one attached hydrogen (secondary N) is 1. The minimum Gasteiger partial charge on any atom is -0.496 e. The monoisotopic (exact) mass is 271 g/mol. The molecule has 4 heteroatoms. The Morgan fingerprint density at radius 3 is 2.50 bits per heavy atom. The maximum atomic E-state index is 9.52. The van der Waals surface area contributed by atoms with Crippen LogP contribution in [0, 0.1) is 0 Å². The summed E-state index contributed by atoms with van der Waals surface area (Å²) in [5.41, 5.74) is 0.776. The van der Waals surface area contributed by atoms with Crippen molar-refractivity contribution in [2.45, 2.75) is 38.8 Å². The van der Waals surface area contributed by atoms with Gasteiger partial charge in [0, 0.05) is 22.7 Å². The highest BCUT2D eigenvalue weighted by Gasteiger charge is 2.24. The van der Waals surface area contributed by atoms with Crippen molar-refractivity contribution in [3.05, 3.63) is 28.8 Å². The van der Waals surface area contributed by atoms with Crippen LogP contribution >= 0.6 is 11.6 Å². The van der Waals surface area contributed by atoms with Crippen LogP contribution in [0.2, 0.25) is 5.02 Å². The first kappa shape index (κ1) is 15.3. The predicted octanol–water partition coefficient (Wildman–Crippen LogP) is 2.99. The molecule has 0 aromatic heterocycles. The average Bonchev–Trinajstić information content (AvgIpc) is 2.41. The molecule has 0 amide bonds. The molecule has 0 atom stereocenters. The summed E-state index contributed by atoms with van der Waals surface area (Å²) in [4.78, 5) is 0. The molecule has 102 valence electrons. The van der Waals surface area contributed by atoms with Crippen LogP contribution < -0.4 is 10.1 Å². The van der Waals surface area contributed by atoms with E-state index in [4.69, 9.17) is 16.3 Å². The van der Waals surface area contributed by atoms with Crippen molar-refractivity contribution in [2.75, 3.05) is 13.7 Å². The molecule has 18 heavy (non-hydrogen) atoms. The third-order valence-corrected chi connectivity index (χ3v) is 3.79. The van der Waals surface area contributed by atoms with Gasteiger partial charge in [-0.3, -0.25) is 0 Å². The summed E-state index contributed by atoms with van der Waals surface area (Å²) in [6.45, 7) is 4.90. The van der Waals surface area contributed by atoms with Gasteiger partial charge in [0.1, 0.15) is 5.75 Å². The molecule has 0 unspecified atom stereocenters. The van der Waals surface area contributed by atoms with Crippen LogP contribution in [-0.2, 0) is 6.54 Å². The fraction of sp³-hybridized carbons (Fsp3) is 0.571. The molecule has 0 aliphatic rings. The third kappa shape index (κ3) is 3.61. The molecule has 0 radical (unpaired) electrons. The van der Waals surface area contributed by atoms with E-state index in [0.717, 1.165) is 24.2 Å². The Morgan fingerprint density at radius 1 is 1.33 bits per heavy atom. The van der Waals surface area contributed by atoms with Crippen molar-refractivity contribution in [3.63, 3.8) is 0 Å². The SMILES string of the molecule is CCC(CC)(CO)NCc1cc(Cl)ccc1OC. The first-order chi connectivity index (χ1) is 8.60. The van der Waals surface area contributed by atoms with E-state index in [9.17, 15) is 5.11 Å². The lowest BCUT2D eigenvalue weighted by atomic mass is 9.93. The Hall–Kier alpha value is -0.770. The van der Waals surface area contributed by atoms with E-state index < -0.39 is 0 Å². The van der Waals surface area contributed by atoms with E-state index in [-0.39, 0.29) is 12.1 Å². The van der Waals surface area contributed by atoms with Gasteiger partial charge < -0.3 is 15.2 Å². The highest BCUT2D eigenvalue weighted by Crippen LogP contribution is 2.24. The number of ether oxygens (including phenoxy) is 1. The number of methoxy groups -OCH3 is 1. The number of aliphatic hydroxyl groups is 1. The maximum absolute atomic E-state index is 9.52. The number of rotatable bonds is 7. The molecule has 3 nitrogen and oxygen atoms in total. The zero-order valence-electron chi connectivity index (χ0n) is 11.3. The zero-order chi connectivity index (χ0) is 13.6. The molecular weight excluding hydrogens is 250 g/mol. The smallest absolute Gasteiger partial charge is 0.123 e. The van der Waals surface area contributed by atoms with Crippen molar-refractivity contribution in [2.24, 2.45) is 0 Å². The van der Waals surface area contributed by atoms with Gasteiger partial charge in [-0.2, -0.15) is 0 Å². The van der Waals surface area contributed by atoms with Gasteiger partial charge in [-0.25, -0.2) is 0 Å². The topological polar surface area (TPSA) is 41.5 Å². The van der Waals surface area contributed by atoms with E-state index in [2.05, 4.69) is 19.2 Å². The fourth-order valence-electron chi connectivity index (χ4n) is 1.95. The molecule has 0 aliphatic carbocycles. The molecule has 0 bridgehead atoms. The van der Waals surface area contributed by atoms with E-state index in [1.165, 1.54) is 0 Å². The minimum absolute atomic E-state index is 0.128. The van der Waals surface area contributed by atoms with Crippen molar-refractivity contribution in [1.82, 2.24) is 5.32 Å². The summed E-state index contributed by atoms with van der Waals surface area (Å²) in [6, 6.07) is 5.56. The van der Waals surface area contributed by atoms with E-state index in [0.29, 0.717) is 11.6 Å². The normalized spacial score (nSPS) is 11.6. The van der Waals surface area contributed by atoms with Gasteiger partial charge in [-0.15, -0.1) is 0 Å². The molecule has 0 saturated heterocycles. The summed E-state index contributed by atoms with van der Waals surface area (Å²) < 4.78 is 5.31. The standard InChI is InChI=1S/C14H22ClNO2/c1-4-14(5-2,10-17)16-9-11-8-12(15)6-7-13(11)18-3/h6-8,16-17H,4-5,9-10H2,1-3H3. The lowest BCUT2D eigenvalue weighted by Gasteiger charge is -2.31. The van der Waals surface area contributed by atoms with Gasteiger partial charge in [-0.1, -0.05) is 25.4 Å². The van der Waals surface area contributed by atoms with Gasteiger partial charge in [0.15, 0.2) is 0 Å². The molecule has 0 heterocycles. The van der Waals surface area contributed by atoms with Crippen LogP contribution in [0.4, 0.5) is 0 Å². The van der Waals surface area contributed by atoms with Crippen molar-refractivity contribution in [1.29, 1.82) is 0 Å². The number of halogens is 1. The first-order valence-electron chi connectivity index (χ1n) is 6.29. The summed E-state index contributed by atoms with van der Waals surface area (Å²) in [6.07, 6.45) is 1.76. The highest BCUT2D eigenvalue weighted by atomic mass is 35.5. The van der Waals surface area contributed by atoms with E-state index in [1.54, 1.807) is 7.11 Å². The van der Waals surface area contributed by atoms with Gasteiger partial charge in [0.25, 0.3) is 0 Å². The van der Waals surface area contributed by atoms with E-state index >= 15 is 0 Å². The Balaban J connectivity index is 2.81. The lowest BCUT2D eigenvalue weighted by Crippen LogP contribution is -2.47. The van der Waals surface area contributed by atoms with Crippen molar-refractivity contribution < 1.29 is 9.84 Å². The quantitative estimate of drug-likeness (QED) is 0.801. The largest absolute Gasteiger partial charge is 0.496 e. The Labute approximate surface area is 114 Å². The van der Waals surface area contributed by atoms with Crippen LogP contribution in [0.25, 0.3) is 0 Å². The Bertz CT molecular complexity index is 370. The summed E-state index contributed by atoms with van der Waals surface area (Å²) >= 11 is 5.99. The average molecular weight is 272 g/mol. The second kappa shape index (κ2) is 6.98. The van der Waals surface area contributed by atoms with Crippen LogP contribution in [-0.4, -0.2) is 24.4 Å². The second-order valence-corrected chi connectivity index (χ2v) is 4.89. The number of hydrogen-bond acceptors (Lipinski definition) is 3. The zero-order valence-corrected chi connectivity index (χ0v) is 12.0. The van der Waals surface area contributed by atoms with Crippen LogP contribution in [0.15, 0.2) is 18.2 Å². The minimum atomic E-state index is -0.229. The summed E-state index contributed by atoms with van der Waals surface area (Å²) in [5.74, 6) is 0.811. The highest BCUT2D eigenvalue weighted by molar-refractivity contribution is 6.30. The van der Waals surface area contributed by atoms with Gasteiger partial charge >= 0.3 is 0 Å². The number of aliphatic hydroxyl groups excluding tert-OH is 1. The van der Waals surface area contributed by atoms with Crippen LogP contribution in [0.5, 0.6) is 5.75 Å². The summed E-state index contributed by atoms with van der Waals surface area (Å²) in [7, 11) is 1.64. The van der Waals surface area contributed by atoms with Crippen molar-refractivity contribution >= 4 is 11.6 Å². The fourth-order valence-corrected chi connectivity index (χ4v) is 2.14.